The first kappa shape index (κ1) is 19.7. The second kappa shape index (κ2) is 8.01. The van der Waals surface area contributed by atoms with Crippen LogP contribution in [0.5, 0.6) is 0 Å². The lowest BCUT2D eigenvalue weighted by Crippen LogP contribution is -2.40. The molecule has 4 rings (SSSR count). The van der Waals surface area contributed by atoms with Crippen LogP contribution >= 0.6 is 0 Å². The van der Waals surface area contributed by atoms with Crippen molar-refractivity contribution in [2.24, 2.45) is 0 Å². The summed E-state index contributed by atoms with van der Waals surface area (Å²) in [6.45, 7) is 6.93. The van der Waals surface area contributed by atoms with Crippen LogP contribution in [-0.2, 0) is 4.74 Å². The molecule has 6 heteroatoms. The number of carbonyl (C=O) groups excluding carboxylic acids is 1. The van der Waals surface area contributed by atoms with Crippen molar-refractivity contribution in [3.05, 3.63) is 53.2 Å². The van der Waals surface area contributed by atoms with Crippen molar-refractivity contribution in [2.75, 3.05) is 13.1 Å². The number of ether oxygens (including phenoxy) is 1. The van der Waals surface area contributed by atoms with E-state index in [-0.39, 0.29) is 6.09 Å². The van der Waals surface area contributed by atoms with Crippen LogP contribution in [0.1, 0.15) is 76.1 Å². The minimum absolute atomic E-state index is 0.247. The lowest BCUT2D eigenvalue weighted by Gasteiger charge is -2.31. The van der Waals surface area contributed by atoms with Crippen molar-refractivity contribution in [1.29, 1.82) is 0 Å². The molecule has 2 aromatic rings. The van der Waals surface area contributed by atoms with Gasteiger partial charge >= 0.3 is 6.09 Å². The highest BCUT2D eigenvalue weighted by Gasteiger charge is 2.29. The Morgan fingerprint density at radius 1 is 1.10 bits per heavy atom. The lowest BCUT2D eigenvalue weighted by atomic mass is 9.85. The minimum Gasteiger partial charge on any atom is -0.444 e. The largest absolute Gasteiger partial charge is 0.444 e. The maximum atomic E-state index is 12.4. The molecule has 1 aliphatic heterocycles. The molecule has 2 aliphatic rings. The number of nitrogens with zero attached hydrogens (tertiary/aromatic N) is 3. The van der Waals surface area contributed by atoms with Gasteiger partial charge in [-0.25, -0.2) is 4.79 Å². The van der Waals surface area contributed by atoms with Crippen LogP contribution in [-0.4, -0.2) is 39.9 Å². The van der Waals surface area contributed by atoms with Gasteiger partial charge in [-0.1, -0.05) is 42.3 Å². The number of likely N-dealkylation sites (tertiary alicyclic amines) is 1. The normalized spacial score (nSPS) is 17.8. The standard InChI is InChI=1S/C23H29N3O3/c1-23(2,3)29-22(27)26-14-12-17(13-15-26)19(16-8-5-4-6-9-16)21-25-24-20(28-21)18-10-7-11-18/h4-6,8-9,18H,7,10-15H2,1-3H3. The quantitative estimate of drug-likeness (QED) is 0.717. The van der Waals surface area contributed by atoms with E-state index < -0.39 is 5.60 Å². The Morgan fingerprint density at radius 3 is 2.38 bits per heavy atom. The van der Waals surface area contributed by atoms with E-state index >= 15 is 0 Å². The van der Waals surface area contributed by atoms with Gasteiger partial charge in [-0.05, 0) is 52.0 Å². The average molecular weight is 396 g/mol. The second-order valence-electron chi connectivity index (χ2n) is 8.89. The summed E-state index contributed by atoms with van der Waals surface area (Å²) in [6.07, 6.45) is 4.78. The van der Waals surface area contributed by atoms with Crippen molar-refractivity contribution in [1.82, 2.24) is 15.1 Å². The van der Waals surface area contributed by atoms with Gasteiger partial charge < -0.3 is 14.1 Å². The number of aromatic nitrogens is 2. The zero-order chi connectivity index (χ0) is 20.4. The number of hydrogen-bond acceptors (Lipinski definition) is 5. The van der Waals surface area contributed by atoms with Gasteiger partial charge in [-0.2, -0.15) is 0 Å². The van der Waals surface area contributed by atoms with E-state index in [0.29, 0.717) is 24.9 Å². The van der Waals surface area contributed by atoms with Crippen LogP contribution in [0, 0.1) is 0 Å². The molecular formula is C23H29N3O3. The summed E-state index contributed by atoms with van der Waals surface area (Å²) >= 11 is 0. The molecule has 0 spiro atoms. The van der Waals surface area contributed by atoms with E-state index in [9.17, 15) is 4.79 Å². The topological polar surface area (TPSA) is 68.5 Å². The number of benzene rings is 1. The molecule has 1 aromatic heterocycles. The maximum Gasteiger partial charge on any atom is 0.410 e. The van der Waals surface area contributed by atoms with Gasteiger partial charge in [0.05, 0.1) is 0 Å². The molecule has 0 N–H and O–H groups in total. The Balaban J connectivity index is 1.58. The first-order chi connectivity index (χ1) is 13.9. The molecular weight excluding hydrogens is 366 g/mol. The summed E-state index contributed by atoms with van der Waals surface area (Å²) in [5.41, 5.74) is 2.87. The monoisotopic (exact) mass is 395 g/mol. The molecule has 2 fully saturated rings. The third-order valence-corrected chi connectivity index (χ3v) is 5.54. The molecule has 0 atom stereocenters. The molecule has 154 valence electrons. The van der Waals surface area contributed by atoms with E-state index in [1.54, 1.807) is 4.90 Å². The summed E-state index contributed by atoms with van der Waals surface area (Å²) in [4.78, 5) is 14.2. The van der Waals surface area contributed by atoms with E-state index in [2.05, 4.69) is 22.3 Å². The summed E-state index contributed by atoms with van der Waals surface area (Å²) in [7, 11) is 0. The number of rotatable bonds is 3. The van der Waals surface area contributed by atoms with Gasteiger partial charge in [0.25, 0.3) is 0 Å². The fraction of sp³-hybridized carbons (Fsp3) is 0.522. The highest BCUT2D eigenvalue weighted by atomic mass is 16.6. The summed E-state index contributed by atoms with van der Waals surface area (Å²) in [5.74, 6) is 1.76. The van der Waals surface area contributed by atoms with Gasteiger partial charge in [0.2, 0.25) is 11.8 Å². The third kappa shape index (κ3) is 4.52. The third-order valence-electron chi connectivity index (χ3n) is 5.54. The molecule has 1 saturated carbocycles. The van der Waals surface area contributed by atoms with Crippen molar-refractivity contribution < 1.29 is 13.9 Å². The molecule has 0 radical (unpaired) electrons. The minimum atomic E-state index is -0.482. The average Bonchev–Trinajstić information content (AvgIpc) is 3.09. The van der Waals surface area contributed by atoms with Crippen molar-refractivity contribution in [3.8, 4) is 0 Å². The zero-order valence-corrected chi connectivity index (χ0v) is 17.5. The molecule has 1 amide bonds. The van der Waals surface area contributed by atoms with Gasteiger partial charge in [0.1, 0.15) is 5.60 Å². The Labute approximate surface area is 171 Å². The number of hydrogen-bond donors (Lipinski definition) is 0. The lowest BCUT2D eigenvalue weighted by molar-refractivity contribution is 0.0236. The smallest absolute Gasteiger partial charge is 0.410 e. The Hall–Kier alpha value is -2.63. The SMILES string of the molecule is CC(C)(C)OC(=O)N1CCC(=C(c2ccccc2)c2nnc(C3CCC3)o2)CC1. The fourth-order valence-electron chi connectivity index (χ4n) is 3.78. The molecule has 1 aromatic carbocycles. The Morgan fingerprint density at radius 2 is 1.79 bits per heavy atom. The van der Waals surface area contributed by atoms with Crippen LogP contribution in [0.4, 0.5) is 4.79 Å². The molecule has 0 bridgehead atoms. The highest BCUT2D eigenvalue weighted by Crippen LogP contribution is 2.38. The van der Waals surface area contributed by atoms with Gasteiger partial charge in [-0.3, -0.25) is 0 Å². The number of carbonyl (C=O) groups is 1. The zero-order valence-electron chi connectivity index (χ0n) is 17.5. The van der Waals surface area contributed by atoms with E-state index in [0.717, 1.165) is 42.7 Å². The van der Waals surface area contributed by atoms with Crippen LogP contribution < -0.4 is 0 Å². The highest BCUT2D eigenvalue weighted by molar-refractivity contribution is 5.78. The van der Waals surface area contributed by atoms with E-state index in [1.807, 2.05) is 39.0 Å². The molecule has 1 aliphatic carbocycles. The predicted octanol–water partition coefficient (Wildman–Crippen LogP) is 5.17. The first-order valence-electron chi connectivity index (χ1n) is 10.5. The molecule has 6 nitrogen and oxygen atoms in total. The van der Waals surface area contributed by atoms with Crippen LogP contribution in [0.2, 0.25) is 0 Å². The van der Waals surface area contributed by atoms with Crippen LogP contribution in [0.15, 0.2) is 40.3 Å². The molecule has 29 heavy (non-hydrogen) atoms. The molecule has 0 unspecified atom stereocenters. The van der Waals surface area contributed by atoms with Gasteiger partial charge in [-0.15, -0.1) is 10.2 Å². The number of amides is 1. The van der Waals surface area contributed by atoms with Crippen molar-refractivity contribution in [3.63, 3.8) is 0 Å². The Bertz CT molecular complexity index is 882. The van der Waals surface area contributed by atoms with E-state index in [4.69, 9.17) is 9.15 Å². The van der Waals surface area contributed by atoms with Crippen molar-refractivity contribution in [2.45, 2.75) is 64.4 Å². The van der Waals surface area contributed by atoms with Crippen molar-refractivity contribution >= 4 is 11.7 Å². The van der Waals surface area contributed by atoms with Gasteiger partial charge in [0.15, 0.2) is 0 Å². The second-order valence-corrected chi connectivity index (χ2v) is 8.89. The van der Waals surface area contributed by atoms with Gasteiger partial charge in [0, 0.05) is 24.6 Å². The molecule has 1 saturated heterocycles. The predicted molar refractivity (Wildman–Crippen MR) is 110 cm³/mol. The molecule has 2 heterocycles. The number of piperidine rings is 1. The maximum absolute atomic E-state index is 12.4. The fourth-order valence-corrected chi connectivity index (χ4v) is 3.78. The summed E-state index contributed by atoms with van der Waals surface area (Å²) in [6, 6.07) is 10.2. The Kier molecular flexibility index (Phi) is 5.43. The summed E-state index contributed by atoms with van der Waals surface area (Å²) in [5, 5.41) is 8.72. The van der Waals surface area contributed by atoms with Crippen LogP contribution in [0.25, 0.3) is 5.57 Å². The van der Waals surface area contributed by atoms with Crippen LogP contribution in [0.3, 0.4) is 0 Å². The summed E-state index contributed by atoms with van der Waals surface area (Å²) < 4.78 is 11.6. The first-order valence-corrected chi connectivity index (χ1v) is 10.5. The van der Waals surface area contributed by atoms with E-state index in [1.165, 1.54) is 12.0 Å².